The van der Waals surface area contributed by atoms with Gasteiger partial charge in [-0.25, -0.2) is 9.97 Å². The van der Waals surface area contributed by atoms with Crippen molar-refractivity contribution in [2.75, 3.05) is 13.1 Å². The largest absolute Gasteiger partial charge is 0.316 e. The first-order valence-corrected chi connectivity index (χ1v) is 7.80. The molecular weight excluding hydrogens is 282 g/mol. The second-order valence-electron chi connectivity index (χ2n) is 5.72. The molecule has 1 fully saturated rings. The third kappa shape index (κ3) is 3.25. The number of nitrogens with zero attached hydrogens (tertiary/aromatic N) is 2. The van der Waals surface area contributed by atoms with E-state index >= 15 is 0 Å². The average molecular weight is 302 g/mol. The Morgan fingerprint density at radius 1 is 1.24 bits per heavy atom. The van der Waals surface area contributed by atoms with Crippen molar-refractivity contribution in [2.24, 2.45) is 0 Å². The first-order chi connectivity index (χ1) is 10.1. The lowest BCUT2D eigenvalue weighted by atomic mass is 9.95. The number of halogens is 1. The Hall–Kier alpha value is -1.45. The van der Waals surface area contributed by atoms with Gasteiger partial charge in [0.15, 0.2) is 0 Å². The van der Waals surface area contributed by atoms with E-state index in [1.54, 1.807) is 0 Å². The summed E-state index contributed by atoms with van der Waals surface area (Å²) < 4.78 is 0. The Morgan fingerprint density at radius 3 is 2.62 bits per heavy atom. The highest BCUT2D eigenvalue weighted by atomic mass is 35.5. The van der Waals surface area contributed by atoms with Crippen LogP contribution in [0.4, 0.5) is 0 Å². The zero-order valence-electron chi connectivity index (χ0n) is 12.5. The van der Waals surface area contributed by atoms with Crippen LogP contribution < -0.4 is 5.32 Å². The van der Waals surface area contributed by atoms with E-state index in [-0.39, 0.29) is 0 Å². The molecule has 2 aromatic rings. The second-order valence-corrected chi connectivity index (χ2v) is 6.16. The fourth-order valence-electron chi connectivity index (χ4n) is 3.19. The van der Waals surface area contributed by atoms with Crippen LogP contribution >= 0.6 is 11.6 Å². The summed E-state index contributed by atoms with van der Waals surface area (Å²) in [6, 6.07) is 7.90. The highest BCUT2D eigenvalue weighted by Crippen LogP contribution is 2.27. The van der Waals surface area contributed by atoms with E-state index in [2.05, 4.69) is 25.2 Å². The number of aryl methyl sites for hydroxylation is 2. The molecule has 0 spiro atoms. The zero-order valence-corrected chi connectivity index (χ0v) is 13.2. The quantitative estimate of drug-likeness (QED) is 0.944. The summed E-state index contributed by atoms with van der Waals surface area (Å²) >= 11 is 6.04. The summed E-state index contributed by atoms with van der Waals surface area (Å²) in [5.74, 6) is 1.44. The van der Waals surface area contributed by atoms with Gasteiger partial charge in [0.25, 0.3) is 0 Å². The molecule has 0 bridgehead atoms. The molecule has 1 aliphatic rings. The van der Waals surface area contributed by atoms with Crippen molar-refractivity contribution in [3.05, 3.63) is 57.6 Å². The number of hydrogen-bond acceptors (Lipinski definition) is 3. The van der Waals surface area contributed by atoms with Gasteiger partial charge in [-0.1, -0.05) is 23.7 Å². The summed E-state index contributed by atoms with van der Waals surface area (Å²) in [6.07, 6.45) is 1.91. The van der Waals surface area contributed by atoms with Crippen LogP contribution in [0.15, 0.2) is 24.3 Å². The minimum absolute atomic E-state index is 0.560. The maximum absolute atomic E-state index is 6.04. The van der Waals surface area contributed by atoms with Gasteiger partial charge in [0.05, 0.1) is 0 Å². The van der Waals surface area contributed by atoms with Crippen LogP contribution in [0.25, 0.3) is 0 Å². The molecule has 1 aliphatic heterocycles. The van der Waals surface area contributed by atoms with E-state index in [1.165, 1.54) is 12.0 Å². The van der Waals surface area contributed by atoms with Crippen LogP contribution in [0.2, 0.25) is 5.02 Å². The summed E-state index contributed by atoms with van der Waals surface area (Å²) in [6.45, 7) is 6.33. The predicted octanol–water partition coefficient (Wildman–Crippen LogP) is 3.41. The minimum Gasteiger partial charge on any atom is -0.316 e. The first kappa shape index (κ1) is 14.5. The molecule has 110 valence electrons. The van der Waals surface area contributed by atoms with Gasteiger partial charge in [-0.15, -0.1) is 0 Å². The molecule has 0 saturated carbocycles. The molecule has 21 heavy (non-hydrogen) atoms. The third-order valence-electron chi connectivity index (χ3n) is 4.09. The van der Waals surface area contributed by atoms with Crippen LogP contribution in [-0.4, -0.2) is 23.1 Å². The van der Waals surface area contributed by atoms with E-state index in [1.807, 2.05) is 18.2 Å². The van der Waals surface area contributed by atoms with Gasteiger partial charge in [0, 0.05) is 35.3 Å². The van der Waals surface area contributed by atoms with Gasteiger partial charge in [-0.2, -0.15) is 0 Å². The smallest absolute Gasteiger partial charge is 0.133 e. The van der Waals surface area contributed by atoms with Crippen molar-refractivity contribution < 1.29 is 0 Å². The van der Waals surface area contributed by atoms with Gasteiger partial charge in [0.1, 0.15) is 5.82 Å². The lowest BCUT2D eigenvalue weighted by Gasteiger charge is -2.15. The Bertz CT molecular complexity index is 625. The standard InChI is InChI=1S/C17H20ClN3/c1-11-17(14-6-7-19-10-14)12(2)21-16(20-11)9-13-4-3-5-15(18)8-13/h3-5,8,14,19H,6-7,9-10H2,1-2H3. The van der Waals surface area contributed by atoms with Crippen LogP contribution in [-0.2, 0) is 6.42 Å². The Kier molecular flexibility index (Phi) is 4.22. The average Bonchev–Trinajstić information content (AvgIpc) is 2.91. The molecular formula is C17H20ClN3. The fraction of sp³-hybridized carbons (Fsp3) is 0.412. The summed E-state index contributed by atoms with van der Waals surface area (Å²) in [7, 11) is 0. The van der Waals surface area contributed by atoms with Crippen molar-refractivity contribution in [2.45, 2.75) is 32.6 Å². The van der Waals surface area contributed by atoms with Gasteiger partial charge >= 0.3 is 0 Å². The first-order valence-electron chi connectivity index (χ1n) is 7.42. The molecule has 0 aliphatic carbocycles. The summed E-state index contributed by atoms with van der Waals surface area (Å²) in [4.78, 5) is 9.44. The van der Waals surface area contributed by atoms with E-state index in [0.29, 0.717) is 5.92 Å². The van der Waals surface area contributed by atoms with Crippen molar-refractivity contribution >= 4 is 11.6 Å². The highest BCUT2D eigenvalue weighted by molar-refractivity contribution is 6.30. The Balaban J connectivity index is 1.87. The van der Waals surface area contributed by atoms with Crippen LogP contribution in [0.1, 0.15) is 40.7 Å². The molecule has 1 saturated heterocycles. The Labute approximate surface area is 130 Å². The van der Waals surface area contributed by atoms with Gasteiger partial charge in [-0.3, -0.25) is 0 Å². The normalized spacial score (nSPS) is 18.1. The molecule has 0 amide bonds. The molecule has 1 unspecified atom stereocenters. The van der Waals surface area contributed by atoms with Crippen molar-refractivity contribution in [3.8, 4) is 0 Å². The number of benzene rings is 1. The number of aromatic nitrogens is 2. The van der Waals surface area contributed by atoms with Gasteiger partial charge < -0.3 is 5.32 Å². The van der Waals surface area contributed by atoms with Gasteiger partial charge in [-0.05, 0) is 50.1 Å². The molecule has 1 aromatic carbocycles. The predicted molar refractivity (Wildman–Crippen MR) is 86.0 cm³/mol. The SMILES string of the molecule is Cc1nc(Cc2cccc(Cl)c2)nc(C)c1C1CCNC1. The van der Waals surface area contributed by atoms with Crippen LogP contribution in [0.3, 0.4) is 0 Å². The fourth-order valence-corrected chi connectivity index (χ4v) is 3.41. The molecule has 2 heterocycles. The van der Waals surface area contributed by atoms with E-state index in [9.17, 15) is 0 Å². The lowest BCUT2D eigenvalue weighted by molar-refractivity contribution is 0.724. The maximum Gasteiger partial charge on any atom is 0.133 e. The molecule has 4 heteroatoms. The third-order valence-corrected chi connectivity index (χ3v) is 4.33. The van der Waals surface area contributed by atoms with E-state index in [0.717, 1.165) is 47.3 Å². The van der Waals surface area contributed by atoms with Crippen molar-refractivity contribution in [1.29, 1.82) is 0 Å². The number of hydrogen-bond donors (Lipinski definition) is 1. The minimum atomic E-state index is 0.560. The monoisotopic (exact) mass is 301 g/mol. The molecule has 0 radical (unpaired) electrons. The molecule has 3 nitrogen and oxygen atoms in total. The zero-order chi connectivity index (χ0) is 14.8. The number of rotatable bonds is 3. The van der Waals surface area contributed by atoms with Gasteiger partial charge in [0.2, 0.25) is 0 Å². The van der Waals surface area contributed by atoms with Crippen LogP contribution in [0.5, 0.6) is 0 Å². The molecule has 3 rings (SSSR count). The summed E-state index contributed by atoms with van der Waals surface area (Å²) in [5.41, 5.74) is 4.72. The summed E-state index contributed by atoms with van der Waals surface area (Å²) in [5, 5.41) is 4.17. The topological polar surface area (TPSA) is 37.8 Å². The van der Waals surface area contributed by atoms with E-state index in [4.69, 9.17) is 21.6 Å². The van der Waals surface area contributed by atoms with Crippen molar-refractivity contribution in [3.63, 3.8) is 0 Å². The van der Waals surface area contributed by atoms with Crippen molar-refractivity contribution in [1.82, 2.24) is 15.3 Å². The Morgan fingerprint density at radius 2 is 2.00 bits per heavy atom. The molecule has 1 aromatic heterocycles. The lowest BCUT2D eigenvalue weighted by Crippen LogP contribution is -2.13. The van der Waals surface area contributed by atoms with Crippen LogP contribution in [0, 0.1) is 13.8 Å². The maximum atomic E-state index is 6.04. The van der Waals surface area contributed by atoms with E-state index < -0.39 is 0 Å². The molecule has 1 N–H and O–H groups in total. The molecule has 1 atom stereocenters. The number of nitrogens with one attached hydrogen (secondary N) is 1. The second kappa shape index (κ2) is 6.12. The highest BCUT2D eigenvalue weighted by Gasteiger charge is 2.22.